The SMILES string of the molecule is CC[C@@H](NC(=O)C=Cc1ccc(C)cc1C)C(=O)O. The van der Waals surface area contributed by atoms with Gasteiger partial charge in [-0.05, 0) is 37.5 Å². The third-order valence-corrected chi connectivity index (χ3v) is 2.86. The summed E-state index contributed by atoms with van der Waals surface area (Å²) in [6.07, 6.45) is 3.42. The summed E-state index contributed by atoms with van der Waals surface area (Å²) in [7, 11) is 0. The highest BCUT2D eigenvalue weighted by Gasteiger charge is 2.15. The van der Waals surface area contributed by atoms with Gasteiger partial charge in [-0.3, -0.25) is 4.79 Å². The molecule has 0 radical (unpaired) electrons. The van der Waals surface area contributed by atoms with Crippen LogP contribution in [0.25, 0.3) is 6.08 Å². The van der Waals surface area contributed by atoms with Crippen molar-refractivity contribution in [1.29, 1.82) is 0 Å². The van der Waals surface area contributed by atoms with Gasteiger partial charge in [0.2, 0.25) is 5.91 Å². The Balaban J connectivity index is 2.70. The van der Waals surface area contributed by atoms with Crippen LogP contribution in [0.4, 0.5) is 0 Å². The lowest BCUT2D eigenvalue weighted by molar-refractivity contribution is -0.141. The Morgan fingerprint density at radius 2 is 2.05 bits per heavy atom. The second-order valence-electron chi connectivity index (χ2n) is 4.50. The number of hydrogen-bond donors (Lipinski definition) is 2. The summed E-state index contributed by atoms with van der Waals surface area (Å²) in [5.41, 5.74) is 3.19. The van der Waals surface area contributed by atoms with Gasteiger partial charge in [0.15, 0.2) is 0 Å². The Labute approximate surface area is 113 Å². The van der Waals surface area contributed by atoms with Crippen LogP contribution in [0.2, 0.25) is 0 Å². The number of amides is 1. The van der Waals surface area contributed by atoms with Crippen LogP contribution in [0.3, 0.4) is 0 Å². The highest BCUT2D eigenvalue weighted by molar-refractivity contribution is 5.94. The molecule has 0 fully saturated rings. The summed E-state index contributed by atoms with van der Waals surface area (Å²) in [5.74, 6) is -1.41. The van der Waals surface area contributed by atoms with Gasteiger partial charge in [0, 0.05) is 6.08 Å². The van der Waals surface area contributed by atoms with Gasteiger partial charge in [-0.15, -0.1) is 0 Å². The highest BCUT2D eigenvalue weighted by Crippen LogP contribution is 2.11. The number of carbonyl (C=O) groups is 2. The third kappa shape index (κ3) is 4.58. The molecule has 0 saturated carbocycles. The molecule has 1 amide bonds. The third-order valence-electron chi connectivity index (χ3n) is 2.86. The molecular formula is C15H19NO3. The van der Waals surface area contributed by atoms with Gasteiger partial charge < -0.3 is 10.4 Å². The smallest absolute Gasteiger partial charge is 0.326 e. The number of aliphatic carboxylic acids is 1. The van der Waals surface area contributed by atoms with Crippen molar-refractivity contribution >= 4 is 18.0 Å². The molecule has 1 rings (SSSR count). The normalized spacial score (nSPS) is 12.4. The van der Waals surface area contributed by atoms with Crippen LogP contribution in [-0.4, -0.2) is 23.0 Å². The van der Waals surface area contributed by atoms with Gasteiger partial charge in [0.1, 0.15) is 6.04 Å². The van der Waals surface area contributed by atoms with Gasteiger partial charge in [0.05, 0.1) is 0 Å². The zero-order chi connectivity index (χ0) is 14.4. The molecule has 102 valence electrons. The highest BCUT2D eigenvalue weighted by atomic mass is 16.4. The lowest BCUT2D eigenvalue weighted by atomic mass is 10.1. The first kappa shape index (κ1) is 15.0. The number of benzene rings is 1. The van der Waals surface area contributed by atoms with Crippen LogP contribution < -0.4 is 5.32 Å². The molecule has 0 unspecified atom stereocenters. The zero-order valence-corrected chi connectivity index (χ0v) is 11.4. The molecule has 2 N–H and O–H groups in total. The Hall–Kier alpha value is -2.10. The topological polar surface area (TPSA) is 66.4 Å². The first-order valence-electron chi connectivity index (χ1n) is 6.22. The first-order valence-corrected chi connectivity index (χ1v) is 6.22. The minimum atomic E-state index is -1.02. The molecule has 1 aromatic rings. The predicted octanol–water partition coefficient (Wildman–Crippen LogP) is 2.30. The van der Waals surface area contributed by atoms with E-state index in [0.717, 1.165) is 16.7 Å². The van der Waals surface area contributed by atoms with E-state index in [0.29, 0.717) is 6.42 Å². The fourth-order valence-electron chi connectivity index (χ4n) is 1.74. The second kappa shape index (κ2) is 6.73. The number of carboxylic acid groups (broad SMARTS) is 1. The molecule has 4 heteroatoms. The van der Waals surface area contributed by atoms with Crippen LogP contribution >= 0.6 is 0 Å². The van der Waals surface area contributed by atoms with Crippen molar-refractivity contribution in [3.63, 3.8) is 0 Å². The summed E-state index contributed by atoms with van der Waals surface area (Å²) in [5, 5.41) is 11.3. The van der Waals surface area contributed by atoms with Crippen molar-refractivity contribution < 1.29 is 14.7 Å². The summed E-state index contributed by atoms with van der Waals surface area (Å²) in [6.45, 7) is 5.69. The molecule has 0 bridgehead atoms. The van der Waals surface area contributed by atoms with E-state index in [1.165, 1.54) is 6.08 Å². The molecule has 0 saturated heterocycles. The molecule has 0 aromatic heterocycles. The largest absolute Gasteiger partial charge is 0.480 e. The number of nitrogens with one attached hydrogen (secondary N) is 1. The van der Waals surface area contributed by atoms with E-state index in [1.54, 1.807) is 13.0 Å². The molecule has 0 heterocycles. The van der Waals surface area contributed by atoms with E-state index in [1.807, 2.05) is 32.0 Å². The Kier molecular flexibility index (Phi) is 5.30. The van der Waals surface area contributed by atoms with Crippen molar-refractivity contribution in [2.24, 2.45) is 0 Å². The number of carbonyl (C=O) groups excluding carboxylic acids is 1. The van der Waals surface area contributed by atoms with Crippen molar-refractivity contribution in [1.82, 2.24) is 5.32 Å². The van der Waals surface area contributed by atoms with Crippen molar-refractivity contribution in [3.8, 4) is 0 Å². The maximum atomic E-state index is 11.6. The van der Waals surface area contributed by atoms with Crippen molar-refractivity contribution in [2.75, 3.05) is 0 Å². The molecule has 0 spiro atoms. The minimum Gasteiger partial charge on any atom is -0.480 e. The fourth-order valence-corrected chi connectivity index (χ4v) is 1.74. The van der Waals surface area contributed by atoms with Crippen molar-refractivity contribution in [2.45, 2.75) is 33.2 Å². The maximum absolute atomic E-state index is 11.6. The first-order chi connectivity index (χ1) is 8.93. The number of rotatable bonds is 5. The van der Waals surface area contributed by atoms with Crippen LogP contribution in [0.5, 0.6) is 0 Å². The van der Waals surface area contributed by atoms with Crippen LogP contribution in [0.1, 0.15) is 30.0 Å². The monoisotopic (exact) mass is 261 g/mol. The van der Waals surface area contributed by atoms with Gasteiger partial charge >= 0.3 is 5.97 Å². The summed E-state index contributed by atoms with van der Waals surface area (Å²) < 4.78 is 0. The van der Waals surface area contributed by atoms with Crippen LogP contribution in [-0.2, 0) is 9.59 Å². The number of carboxylic acids is 1. The van der Waals surface area contributed by atoms with Gasteiger partial charge in [-0.1, -0.05) is 30.7 Å². The standard InChI is InChI=1S/C15H19NO3/c1-4-13(15(18)19)16-14(17)8-7-12-6-5-10(2)9-11(12)3/h5-9,13H,4H2,1-3H3,(H,16,17)(H,18,19)/t13-/m1/s1. The van der Waals surface area contributed by atoms with Crippen LogP contribution in [0, 0.1) is 13.8 Å². The lowest BCUT2D eigenvalue weighted by Crippen LogP contribution is -2.39. The summed E-state index contributed by atoms with van der Waals surface area (Å²) in [6, 6.07) is 5.10. The Morgan fingerprint density at radius 3 is 2.58 bits per heavy atom. The average molecular weight is 261 g/mol. The van der Waals surface area contributed by atoms with E-state index in [9.17, 15) is 9.59 Å². The van der Waals surface area contributed by atoms with Gasteiger partial charge in [-0.25, -0.2) is 4.79 Å². The number of hydrogen-bond acceptors (Lipinski definition) is 2. The summed E-state index contributed by atoms with van der Waals surface area (Å²) >= 11 is 0. The molecule has 4 nitrogen and oxygen atoms in total. The quantitative estimate of drug-likeness (QED) is 0.799. The van der Waals surface area contributed by atoms with E-state index in [2.05, 4.69) is 5.32 Å². The van der Waals surface area contributed by atoms with Crippen LogP contribution in [0.15, 0.2) is 24.3 Å². The Morgan fingerprint density at radius 1 is 1.37 bits per heavy atom. The predicted molar refractivity (Wildman–Crippen MR) is 74.8 cm³/mol. The molecule has 1 atom stereocenters. The maximum Gasteiger partial charge on any atom is 0.326 e. The van der Waals surface area contributed by atoms with E-state index in [-0.39, 0.29) is 0 Å². The van der Waals surface area contributed by atoms with Gasteiger partial charge in [-0.2, -0.15) is 0 Å². The molecular weight excluding hydrogens is 242 g/mol. The molecule has 0 aliphatic heterocycles. The average Bonchev–Trinajstić information content (AvgIpc) is 2.34. The summed E-state index contributed by atoms with van der Waals surface area (Å²) in [4.78, 5) is 22.4. The van der Waals surface area contributed by atoms with Gasteiger partial charge in [0.25, 0.3) is 0 Å². The van der Waals surface area contributed by atoms with Crippen molar-refractivity contribution in [3.05, 3.63) is 41.0 Å². The molecule has 19 heavy (non-hydrogen) atoms. The van der Waals surface area contributed by atoms with E-state index >= 15 is 0 Å². The van der Waals surface area contributed by atoms with E-state index in [4.69, 9.17) is 5.11 Å². The second-order valence-corrected chi connectivity index (χ2v) is 4.50. The molecule has 0 aliphatic carbocycles. The van der Waals surface area contributed by atoms with E-state index < -0.39 is 17.9 Å². The fraction of sp³-hybridized carbons (Fsp3) is 0.333. The number of aryl methyl sites for hydroxylation is 2. The lowest BCUT2D eigenvalue weighted by Gasteiger charge is -2.10. The zero-order valence-electron chi connectivity index (χ0n) is 11.4. The Bertz CT molecular complexity index is 506. The minimum absolute atomic E-state index is 0.360. The molecule has 0 aliphatic rings. The molecule has 1 aromatic carbocycles.